The van der Waals surface area contributed by atoms with E-state index >= 15 is 0 Å². The molecule has 0 bridgehead atoms. The maximum absolute atomic E-state index is 13.5. The first-order valence-corrected chi connectivity index (χ1v) is 7.90. The first-order chi connectivity index (χ1) is 13.3. The number of nitrogens with zero attached hydrogens (tertiary/aromatic N) is 4. The Morgan fingerprint density at radius 3 is 2.64 bits per heavy atom. The molecule has 0 spiro atoms. The Bertz CT molecular complexity index is 1140. The number of carbonyl (C=O) groups is 1. The van der Waals surface area contributed by atoms with Crippen molar-refractivity contribution in [2.75, 3.05) is 7.11 Å². The Balaban J connectivity index is 2.39. The molecular formula is C19H13F3N4O2. The van der Waals surface area contributed by atoms with Crippen molar-refractivity contribution in [3.05, 3.63) is 65.0 Å². The SMILES string of the molecule is [C-]#[N+]/C=C/c1cc2c(C(=O)OC)cc(-c3cncn3C)nc2cc1C(F)(F)F. The number of benzene rings is 1. The predicted octanol–water partition coefficient (Wildman–Crippen LogP) is 4.33. The molecule has 0 fully saturated rings. The van der Waals surface area contributed by atoms with Gasteiger partial charge >= 0.3 is 12.1 Å². The van der Waals surface area contributed by atoms with E-state index in [1.54, 1.807) is 11.6 Å². The zero-order chi connectivity index (χ0) is 20.5. The third kappa shape index (κ3) is 3.44. The molecule has 0 radical (unpaired) electrons. The van der Waals surface area contributed by atoms with E-state index in [1.807, 2.05) is 0 Å². The third-order valence-corrected chi connectivity index (χ3v) is 4.10. The average molecular weight is 386 g/mol. The topological polar surface area (TPSA) is 61.4 Å². The number of aromatic nitrogens is 3. The lowest BCUT2D eigenvalue weighted by Gasteiger charge is -2.14. The summed E-state index contributed by atoms with van der Waals surface area (Å²) in [6, 6.07) is 3.50. The van der Waals surface area contributed by atoms with E-state index in [0.717, 1.165) is 18.3 Å². The van der Waals surface area contributed by atoms with E-state index in [0.29, 0.717) is 5.69 Å². The normalized spacial score (nSPS) is 11.7. The zero-order valence-corrected chi connectivity index (χ0v) is 14.8. The van der Waals surface area contributed by atoms with Crippen LogP contribution in [0, 0.1) is 6.57 Å². The molecular weight excluding hydrogens is 373 g/mol. The highest BCUT2D eigenvalue weighted by atomic mass is 19.4. The summed E-state index contributed by atoms with van der Waals surface area (Å²) in [6.45, 7) is 6.77. The van der Waals surface area contributed by atoms with Gasteiger partial charge in [-0.3, -0.25) is 0 Å². The summed E-state index contributed by atoms with van der Waals surface area (Å²) in [7, 11) is 2.88. The second-order valence-electron chi connectivity index (χ2n) is 5.84. The molecule has 0 atom stereocenters. The number of fused-ring (bicyclic) bond motifs is 1. The molecule has 0 aliphatic heterocycles. The molecule has 0 aliphatic rings. The highest BCUT2D eigenvalue weighted by Crippen LogP contribution is 2.36. The molecule has 9 heteroatoms. The van der Waals surface area contributed by atoms with Crippen molar-refractivity contribution in [2.24, 2.45) is 7.05 Å². The van der Waals surface area contributed by atoms with Gasteiger partial charge in [-0.1, -0.05) is 6.08 Å². The predicted molar refractivity (Wildman–Crippen MR) is 95.9 cm³/mol. The Morgan fingerprint density at radius 2 is 2.07 bits per heavy atom. The molecule has 6 nitrogen and oxygen atoms in total. The number of alkyl halides is 3. The van der Waals surface area contributed by atoms with Gasteiger partial charge in [0.1, 0.15) is 0 Å². The fourth-order valence-electron chi connectivity index (χ4n) is 2.80. The van der Waals surface area contributed by atoms with Crippen LogP contribution in [0.3, 0.4) is 0 Å². The van der Waals surface area contributed by atoms with Crippen molar-refractivity contribution in [1.82, 2.24) is 14.5 Å². The van der Waals surface area contributed by atoms with Crippen molar-refractivity contribution in [1.29, 1.82) is 0 Å². The maximum atomic E-state index is 13.5. The number of imidazole rings is 1. The Labute approximate surface area is 157 Å². The van der Waals surface area contributed by atoms with Crippen molar-refractivity contribution < 1.29 is 22.7 Å². The second kappa shape index (κ2) is 7.15. The fourth-order valence-corrected chi connectivity index (χ4v) is 2.80. The second-order valence-corrected chi connectivity index (χ2v) is 5.84. The Hall–Kier alpha value is -3.67. The smallest absolute Gasteiger partial charge is 0.417 e. The minimum absolute atomic E-state index is 0.0219. The number of halogens is 3. The summed E-state index contributed by atoms with van der Waals surface area (Å²) >= 11 is 0. The van der Waals surface area contributed by atoms with Crippen LogP contribution in [0.4, 0.5) is 13.2 Å². The Kier molecular flexibility index (Phi) is 4.88. The molecule has 28 heavy (non-hydrogen) atoms. The molecule has 0 saturated carbocycles. The molecule has 0 amide bonds. The summed E-state index contributed by atoms with van der Waals surface area (Å²) < 4.78 is 47.0. The maximum Gasteiger partial charge on any atom is 0.417 e. The lowest BCUT2D eigenvalue weighted by molar-refractivity contribution is -0.137. The summed E-state index contributed by atoms with van der Waals surface area (Å²) in [6.07, 6.45) is 0.313. The van der Waals surface area contributed by atoms with Crippen LogP contribution in [0.5, 0.6) is 0 Å². The van der Waals surface area contributed by atoms with E-state index in [4.69, 9.17) is 11.3 Å². The van der Waals surface area contributed by atoms with E-state index in [1.165, 1.54) is 31.8 Å². The molecule has 0 saturated heterocycles. The van der Waals surface area contributed by atoms with Crippen LogP contribution in [-0.2, 0) is 18.0 Å². The third-order valence-electron chi connectivity index (χ3n) is 4.10. The molecule has 142 valence electrons. The lowest BCUT2D eigenvalue weighted by Crippen LogP contribution is -2.10. The summed E-state index contributed by atoms with van der Waals surface area (Å²) in [5.41, 5.74) is -0.342. The number of methoxy groups -OCH3 is 1. The van der Waals surface area contributed by atoms with Gasteiger partial charge in [-0.25, -0.2) is 19.6 Å². The first kappa shape index (κ1) is 19.1. The quantitative estimate of drug-likeness (QED) is 0.497. The molecule has 0 unspecified atom stereocenters. The molecule has 0 aliphatic carbocycles. The standard InChI is InChI=1S/C19H13F3N4O2/c1-23-5-4-11-6-12-13(18(27)28-3)7-16(17-9-24-10-26(17)2)25-15(12)8-14(11)19(20,21)22/h4-10H,2-3H3/b5-4+. The summed E-state index contributed by atoms with van der Waals surface area (Å²) in [5.74, 6) is -0.712. The number of hydrogen-bond acceptors (Lipinski definition) is 4. The van der Waals surface area contributed by atoms with Crippen molar-refractivity contribution >= 4 is 22.9 Å². The van der Waals surface area contributed by atoms with Crippen LogP contribution in [0.15, 0.2) is 36.9 Å². The van der Waals surface area contributed by atoms with Gasteiger partial charge in [0.05, 0.1) is 54.2 Å². The van der Waals surface area contributed by atoms with Gasteiger partial charge in [-0.2, -0.15) is 13.2 Å². The van der Waals surface area contributed by atoms with Crippen molar-refractivity contribution in [3.8, 4) is 11.4 Å². The minimum atomic E-state index is -4.66. The molecule has 2 heterocycles. The van der Waals surface area contributed by atoms with Crippen LogP contribution < -0.4 is 0 Å². The molecule has 0 N–H and O–H groups in total. The van der Waals surface area contributed by atoms with E-state index in [-0.39, 0.29) is 27.7 Å². The van der Waals surface area contributed by atoms with Gasteiger partial charge in [-0.15, -0.1) is 0 Å². The number of rotatable bonds is 3. The zero-order valence-electron chi connectivity index (χ0n) is 14.8. The fraction of sp³-hybridized carbons (Fsp3) is 0.158. The van der Waals surface area contributed by atoms with Crippen LogP contribution in [0.25, 0.3) is 33.2 Å². The van der Waals surface area contributed by atoms with E-state index in [9.17, 15) is 18.0 Å². The number of hydrogen-bond donors (Lipinski definition) is 0. The van der Waals surface area contributed by atoms with Gasteiger partial charge in [0.2, 0.25) is 0 Å². The molecule has 1 aromatic carbocycles. The average Bonchev–Trinajstić information content (AvgIpc) is 3.09. The monoisotopic (exact) mass is 386 g/mol. The molecule has 3 aromatic rings. The van der Waals surface area contributed by atoms with E-state index < -0.39 is 17.7 Å². The molecule has 3 rings (SSSR count). The highest BCUT2D eigenvalue weighted by molar-refractivity contribution is 6.05. The van der Waals surface area contributed by atoms with Gasteiger partial charge in [-0.05, 0) is 23.8 Å². The van der Waals surface area contributed by atoms with Gasteiger partial charge < -0.3 is 9.30 Å². The number of aryl methyl sites for hydroxylation is 1. The van der Waals surface area contributed by atoms with Crippen molar-refractivity contribution in [3.63, 3.8) is 0 Å². The van der Waals surface area contributed by atoms with Crippen LogP contribution in [0.2, 0.25) is 0 Å². The summed E-state index contributed by atoms with van der Waals surface area (Å²) in [4.78, 5) is 23.5. The summed E-state index contributed by atoms with van der Waals surface area (Å²) in [5, 5.41) is 0.190. The minimum Gasteiger partial charge on any atom is -0.465 e. The largest absolute Gasteiger partial charge is 0.465 e. The van der Waals surface area contributed by atoms with Gasteiger partial charge in [0.25, 0.3) is 0 Å². The van der Waals surface area contributed by atoms with Gasteiger partial charge in [0.15, 0.2) is 6.20 Å². The highest BCUT2D eigenvalue weighted by Gasteiger charge is 2.33. The van der Waals surface area contributed by atoms with Crippen LogP contribution in [0.1, 0.15) is 21.5 Å². The van der Waals surface area contributed by atoms with E-state index in [2.05, 4.69) is 14.8 Å². The number of esters is 1. The van der Waals surface area contributed by atoms with Crippen LogP contribution in [-0.4, -0.2) is 27.6 Å². The molecule has 2 aromatic heterocycles. The lowest BCUT2D eigenvalue weighted by atomic mass is 9.99. The number of carbonyl (C=O) groups excluding carboxylic acids is 1. The first-order valence-electron chi connectivity index (χ1n) is 7.90. The van der Waals surface area contributed by atoms with Crippen molar-refractivity contribution in [2.45, 2.75) is 6.18 Å². The number of ether oxygens (including phenoxy) is 1. The number of pyridine rings is 1. The van der Waals surface area contributed by atoms with Gasteiger partial charge in [0, 0.05) is 12.4 Å². The van der Waals surface area contributed by atoms with Crippen LogP contribution >= 0.6 is 0 Å². The Morgan fingerprint density at radius 1 is 1.32 bits per heavy atom.